The number of nitrogens with one attached hydrogen (secondary N) is 1. The van der Waals surface area contributed by atoms with Crippen LogP contribution in [0.5, 0.6) is 5.75 Å². The van der Waals surface area contributed by atoms with Crippen molar-refractivity contribution >= 4 is 0 Å². The van der Waals surface area contributed by atoms with Gasteiger partial charge < -0.3 is 15.2 Å². The lowest BCUT2D eigenvalue weighted by Gasteiger charge is -2.17. The van der Waals surface area contributed by atoms with Crippen LogP contribution >= 0.6 is 0 Å². The summed E-state index contributed by atoms with van der Waals surface area (Å²) in [6.45, 7) is 6.50. The fourth-order valence-corrected chi connectivity index (χ4v) is 1.64. The van der Waals surface area contributed by atoms with Crippen molar-refractivity contribution in [2.45, 2.75) is 32.9 Å². The zero-order valence-electron chi connectivity index (χ0n) is 10.4. The number of ether oxygens (including phenoxy) is 1. The van der Waals surface area contributed by atoms with Gasteiger partial charge in [-0.25, -0.2) is 0 Å². The Hall–Kier alpha value is -1.06. The molecule has 0 saturated heterocycles. The van der Waals surface area contributed by atoms with Gasteiger partial charge in [0.1, 0.15) is 5.75 Å². The number of aliphatic hydroxyl groups excluding tert-OH is 1. The van der Waals surface area contributed by atoms with Gasteiger partial charge in [0.05, 0.1) is 13.2 Å². The Morgan fingerprint density at radius 1 is 1.38 bits per heavy atom. The molecule has 2 atom stereocenters. The Morgan fingerprint density at radius 3 is 2.56 bits per heavy atom. The molecule has 0 radical (unpaired) electrons. The predicted octanol–water partition coefficient (Wildman–Crippen LogP) is 2.04. The minimum absolute atomic E-state index is 0.235. The maximum Gasteiger partial charge on any atom is 0.121 e. The number of hydrogen-bond donors (Lipinski definition) is 2. The maximum atomic E-state index is 9.20. The number of hydrogen-bond acceptors (Lipinski definition) is 3. The first-order valence-corrected chi connectivity index (χ1v) is 5.60. The fraction of sp³-hybridized carbons (Fsp3) is 0.538. The molecule has 3 nitrogen and oxygen atoms in total. The van der Waals surface area contributed by atoms with E-state index in [1.807, 2.05) is 19.1 Å². The van der Waals surface area contributed by atoms with Crippen molar-refractivity contribution in [1.29, 1.82) is 0 Å². The van der Waals surface area contributed by atoms with Gasteiger partial charge in [-0.2, -0.15) is 0 Å². The molecular weight excluding hydrogens is 202 g/mol. The molecule has 0 aliphatic carbocycles. The lowest BCUT2D eigenvalue weighted by molar-refractivity contribution is 0.187. The Kier molecular flexibility index (Phi) is 4.77. The number of aliphatic hydroxyl groups is 1. The van der Waals surface area contributed by atoms with E-state index in [9.17, 15) is 5.11 Å². The number of rotatable bonds is 5. The quantitative estimate of drug-likeness (QED) is 0.802. The molecule has 16 heavy (non-hydrogen) atoms. The van der Waals surface area contributed by atoms with Crippen LogP contribution in [0.15, 0.2) is 18.2 Å². The summed E-state index contributed by atoms with van der Waals surface area (Å²) in [6, 6.07) is 6.37. The summed E-state index contributed by atoms with van der Waals surface area (Å²) in [5.41, 5.74) is 2.34. The van der Waals surface area contributed by atoms with Gasteiger partial charge in [-0.3, -0.25) is 0 Å². The zero-order valence-corrected chi connectivity index (χ0v) is 10.4. The van der Waals surface area contributed by atoms with E-state index < -0.39 is 0 Å². The molecule has 0 fully saturated rings. The molecule has 1 unspecified atom stereocenters. The van der Waals surface area contributed by atoms with Gasteiger partial charge in [0.2, 0.25) is 0 Å². The smallest absolute Gasteiger partial charge is 0.121 e. The van der Waals surface area contributed by atoms with Gasteiger partial charge in [-0.05, 0) is 38.0 Å². The van der Waals surface area contributed by atoms with Crippen LogP contribution in [0.3, 0.4) is 0 Å². The van der Waals surface area contributed by atoms with Gasteiger partial charge >= 0.3 is 0 Å². The monoisotopic (exact) mass is 223 g/mol. The van der Waals surface area contributed by atoms with Crippen molar-refractivity contribution in [2.75, 3.05) is 13.7 Å². The van der Waals surface area contributed by atoms with Gasteiger partial charge in [0, 0.05) is 12.6 Å². The van der Waals surface area contributed by atoms with E-state index in [4.69, 9.17) is 4.74 Å². The van der Waals surface area contributed by atoms with Crippen molar-refractivity contribution in [3.63, 3.8) is 0 Å². The molecule has 0 aliphatic heterocycles. The summed E-state index contributed by atoms with van der Waals surface area (Å²) < 4.78 is 5.22. The molecule has 0 amide bonds. The summed E-state index contributed by atoms with van der Waals surface area (Å²) in [4.78, 5) is 0. The third-order valence-electron chi connectivity index (χ3n) is 2.64. The highest BCUT2D eigenvalue weighted by Crippen LogP contribution is 2.22. The average Bonchev–Trinajstić information content (AvgIpc) is 2.25. The number of methoxy groups -OCH3 is 1. The average molecular weight is 223 g/mol. The SMILES string of the molecule is COc1ccc(C(C)NC[C@@H](C)O)cc1C. The second kappa shape index (κ2) is 5.87. The molecule has 1 rings (SSSR count). The van der Waals surface area contributed by atoms with Crippen LogP contribution in [0.1, 0.15) is 31.0 Å². The second-order valence-electron chi connectivity index (χ2n) is 4.21. The lowest BCUT2D eigenvalue weighted by Crippen LogP contribution is -2.27. The van der Waals surface area contributed by atoms with Crippen LogP contribution in [0.4, 0.5) is 0 Å². The van der Waals surface area contributed by atoms with Crippen molar-refractivity contribution in [3.05, 3.63) is 29.3 Å². The minimum Gasteiger partial charge on any atom is -0.496 e. The highest BCUT2D eigenvalue weighted by atomic mass is 16.5. The standard InChI is InChI=1S/C13H21NO2/c1-9-7-12(5-6-13(9)16-4)11(3)14-8-10(2)15/h5-7,10-11,14-15H,8H2,1-4H3/t10-,11?/m1/s1. The third kappa shape index (κ3) is 3.51. The molecule has 0 heterocycles. The number of aryl methyl sites for hydroxylation is 1. The maximum absolute atomic E-state index is 9.20. The van der Waals surface area contributed by atoms with E-state index >= 15 is 0 Å². The van der Waals surface area contributed by atoms with Crippen LogP contribution in [0.25, 0.3) is 0 Å². The summed E-state index contributed by atoms with van der Waals surface area (Å²) in [5, 5.41) is 12.5. The van der Waals surface area contributed by atoms with Crippen molar-refractivity contribution < 1.29 is 9.84 Å². The fourth-order valence-electron chi connectivity index (χ4n) is 1.64. The highest BCUT2D eigenvalue weighted by molar-refractivity contribution is 5.37. The van der Waals surface area contributed by atoms with Crippen LogP contribution in [-0.4, -0.2) is 24.9 Å². The van der Waals surface area contributed by atoms with E-state index in [1.54, 1.807) is 14.0 Å². The normalized spacial score (nSPS) is 14.6. The molecule has 0 aromatic heterocycles. The van der Waals surface area contributed by atoms with E-state index in [0.717, 1.165) is 11.3 Å². The van der Waals surface area contributed by atoms with E-state index in [1.165, 1.54) is 5.56 Å². The first-order valence-electron chi connectivity index (χ1n) is 5.60. The summed E-state index contributed by atoms with van der Waals surface area (Å²) in [5.74, 6) is 0.909. The molecule has 1 aromatic rings. The largest absolute Gasteiger partial charge is 0.496 e. The topological polar surface area (TPSA) is 41.5 Å². The minimum atomic E-state index is -0.318. The Morgan fingerprint density at radius 2 is 2.06 bits per heavy atom. The second-order valence-corrected chi connectivity index (χ2v) is 4.21. The van der Waals surface area contributed by atoms with Gasteiger partial charge in [-0.15, -0.1) is 0 Å². The Labute approximate surface area is 97.4 Å². The predicted molar refractivity (Wildman–Crippen MR) is 65.8 cm³/mol. The van der Waals surface area contributed by atoms with Crippen molar-refractivity contribution in [2.24, 2.45) is 0 Å². The lowest BCUT2D eigenvalue weighted by atomic mass is 10.0. The van der Waals surface area contributed by atoms with Crippen LogP contribution in [0.2, 0.25) is 0 Å². The first-order chi connectivity index (χ1) is 7.54. The molecule has 1 aromatic carbocycles. The zero-order chi connectivity index (χ0) is 12.1. The van der Waals surface area contributed by atoms with E-state index in [2.05, 4.69) is 18.3 Å². The van der Waals surface area contributed by atoms with Crippen LogP contribution in [0, 0.1) is 6.92 Å². The van der Waals surface area contributed by atoms with E-state index in [0.29, 0.717) is 6.54 Å². The molecule has 2 N–H and O–H groups in total. The first kappa shape index (κ1) is 13.0. The van der Waals surface area contributed by atoms with Gasteiger partial charge in [0.15, 0.2) is 0 Å². The Balaban J connectivity index is 2.69. The van der Waals surface area contributed by atoms with Gasteiger partial charge in [-0.1, -0.05) is 12.1 Å². The van der Waals surface area contributed by atoms with E-state index in [-0.39, 0.29) is 12.1 Å². The molecule has 0 saturated carbocycles. The summed E-state index contributed by atoms with van der Waals surface area (Å²) >= 11 is 0. The summed E-state index contributed by atoms with van der Waals surface area (Å²) in [7, 11) is 1.68. The number of benzene rings is 1. The van der Waals surface area contributed by atoms with Crippen molar-refractivity contribution in [1.82, 2.24) is 5.32 Å². The third-order valence-corrected chi connectivity index (χ3v) is 2.64. The Bertz CT molecular complexity index is 337. The summed E-state index contributed by atoms with van der Waals surface area (Å²) in [6.07, 6.45) is -0.318. The molecule has 90 valence electrons. The molecule has 0 aliphatic rings. The van der Waals surface area contributed by atoms with Crippen LogP contribution in [-0.2, 0) is 0 Å². The molecular formula is C13H21NO2. The van der Waals surface area contributed by atoms with Crippen molar-refractivity contribution in [3.8, 4) is 5.75 Å². The van der Waals surface area contributed by atoms with Gasteiger partial charge in [0.25, 0.3) is 0 Å². The molecule has 0 spiro atoms. The molecule has 3 heteroatoms. The molecule has 0 bridgehead atoms. The highest BCUT2D eigenvalue weighted by Gasteiger charge is 2.07. The van der Waals surface area contributed by atoms with Crippen LogP contribution < -0.4 is 10.1 Å².